The molecule has 0 saturated carbocycles. The second-order valence-corrected chi connectivity index (χ2v) is 5.69. The summed E-state index contributed by atoms with van der Waals surface area (Å²) in [4.78, 5) is 12.4. The van der Waals surface area contributed by atoms with Crippen molar-refractivity contribution in [3.05, 3.63) is 35.4 Å². The normalized spacial score (nSPS) is 30.2. The Morgan fingerprint density at radius 2 is 2.00 bits per heavy atom. The minimum atomic E-state index is -4.46. The van der Waals surface area contributed by atoms with Gasteiger partial charge in [-0.1, -0.05) is 34.1 Å². The zero-order chi connectivity index (χ0) is 13.8. The molecule has 0 aromatic heterocycles. The third-order valence-electron chi connectivity index (χ3n) is 3.30. The molecule has 1 aromatic rings. The van der Waals surface area contributed by atoms with E-state index < -0.39 is 23.3 Å². The summed E-state index contributed by atoms with van der Waals surface area (Å²) >= 11 is 2.96. The van der Waals surface area contributed by atoms with E-state index in [1.54, 1.807) is 24.3 Å². The van der Waals surface area contributed by atoms with Crippen molar-refractivity contribution < 1.29 is 22.7 Å². The molecule has 0 N–H and O–H groups in total. The lowest BCUT2D eigenvalue weighted by molar-refractivity contribution is -0.260. The number of rotatable bonds is 0. The molecule has 1 saturated heterocycles. The van der Waals surface area contributed by atoms with Crippen molar-refractivity contribution in [2.75, 3.05) is 6.54 Å². The Kier molecular flexibility index (Phi) is 2.86. The average Bonchev–Trinajstić information content (AvgIpc) is 2.61. The van der Waals surface area contributed by atoms with Gasteiger partial charge >= 0.3 is 6.18 Å². The molecule has 102 valence electrons. The molecule has 1 aromatic carbocycles. The van der Waals surface area contributed by atoms with Crippen molar-refractivity contribution in [1.82, 2.24) is 4.90 Å². The van der Waals surface area contributed by atoms with Crippen LogP contribution in [0.2, 0.25) is 0 Å². The monoisotopic (exact) mass is 335 g/mol. The van der Waals surface area contributed by atoms with E-state index in [9.17, 15) is 18.0 Å². The van der Waals surface area contributed by atoms with Crippen LogP contribution in [0.5, 0.6) is 0 Å². The third-order valence-corrected chi connectivity index (χ3v) is 4.07. The number of nitrogens with zero attached hydrogens (tertiary/aromatic N) is 1. The number of carbonyl (C=O) groups excluding carboxylic acids is 1. The van der Waals surface area contributed by atoms with E-state index in [1.165, 1.54) is 4.90 Å². The molecule has 3 atom stereocenters. The summed E-state index contributed by atoms with van der Waals surface area (Å²) in [6.07, 6.45) is -7.31. The fraction of sp³-hybridized carbons (Fsp3) is 0.417. The molecule has 0 aliphatic carbocycles. The fourth-order valence-corrected chi connectivity index (χ4v) is 3.19. The number of carbonyl (C=O) groups is 1. The Morgan fingerprint density at radius 1 is 1.32 bits per heavy atom. The van der Waals surface area contributed by atoms with Gasteiger partial charge in [0, 0.05) is 17.7 Å². The van der Waals surface area contributed by atoms with Crippen molar-refractivity contribution in [2.45, 2.75) is 23.3 Å². The molecule has 2 aliphatic rings. The Morgan fingerprint density at radius 3 is 2.68 bits per heavy atom. The first-order valence-corrected chi connectivity index (χ1v) is 6.57. The minimum absolute atomic E-state index is 0.0254. The molecular formula is C12H9BrF3NO2. The van der Waals surface area contributed by atoms with Gasteiger partial charge in [0.15, 0.2) is 12.3 Å². The van der Waals surface area contributed by atoms with E-state index in [0.29, 0.717) is 11.1 Å². The van der Waals surface area contributed by atoms with Crippen molar-refractivity contribution in [3.63, 3.8) is 0 Å². The van der Waals surface area contributed by atoms with Gasteiger partial charge in [-0.05, 0) is 6.07 Å². The van der Waals surface area contributed by atoms with Gasteiger partial charge in [0.25, 0.3) is 5.91 Å². The van der Waals surface area contributed by atoms with Gasteiger partial charge in [0.1, 0.15) is 0 Å². The average molecular weight is 336 g/mol. The van der Waals surface area contributed by atoms with Gasteiger partial charge in [-0.15, -0.1) is 0 Å². The maximum Gasteiger partial charge on any atom is 0.415 e. The SMILES string of the molecule is O=C1c2ccccc2[C@H]2O[C@@H](C(F)(F)F)[C@H](Br)CN12. The highest BCUT2D eigenvalue weighted by Crippen LogP contribution is 2.43. The topological polar surface area (TPSA) is 29.5 Å². The molecule has 3 nitrogen and oxygen atoms in total. The van der Waals surface area contributed by atoms with Gasteiger partial charge < -0.3 is 9.64 Å². The maximum atomic E-state index is 12.9. The van der Waals surface area contributed by atoms with Crippen LogP contribution in [0.4, 0.5) is 13.2 Å². The van der Waals surface area contributed by atoms with E-state index in [-0.39, 0.29) is 12.5 Å². The van der Waals surface area contributed by atoms with Crippen LogP contribution < -0.4 is 0 Å². The van der Waals surface area contributed by atoms with Crippen molar-refractivity contribution in [1.29, 1.82) is 0 Å². The standard InChI is InChI=1S/C12H9BrF3NO2/c13-8-5-17-10(18)6-3-1-2-4-7(6)11(17)19-9(8)12(14,15)16/h1-4,8-9,11H,5H2/t8-,9-,11-/m1/s1. The smallest absolute Gasteiger partial charge is 0.340 e. The van der Waals surface area contributed by atoms with E-state index in [1.807, 2.05) is 0 Å². The number of hydrogen-bond acceptors (Lipinski definition) is 2. The zero-order valence-electron chi connectivity index (χ0n) is 9.52. The number of hydrogen-bond donors (Lipinski definition) is 0. The summed E-state index contributed by atoms with van der Waals surface area (Å²) < 4.78 is 43.7. The Balaban J connectivity index is 1.98. The highest BCUT2D eigenvalue weighted by atomic mass is 79.9. The van der Waals surface area contributed by atoms with Crippen LogP contribution in [0.25, 0.3) is 0 Å². The van der Waals surface area contributed by atoms with Crippen molar-refractivity contribution in [2.24, 2.45) is 0 Å². The molecule has 19 heavy (non-hydrogen) atoms. The zero-order valence-corrected chi connectivity index (χ0v) is 11.1. The number of alkyl halides is 4. The van der Waals surface area contributed by atoms with E-state index in [4.69, 9.17) is 4.74 Å². The predicted molar refractivity (Wildman–Crippen MR) is 63.9 cm³/mol. The highest BCUT2D eigenvalue weighted by Gasteiger charge is 2.53. The van der Waals surface area contributed by atoms with E-state index in [2.05, 4.69) is 15.9 Å². The summed E-state index contributed by atoms with van der Waals surface area (Å²) in [6.45, 7) is -0.0254. The minimum Gasteiger partial charge on any atom is -0.340 e. The van der Waals surface area contributed by atoms with Crippen molar-refractivity contribution >= 4 is 21.8 Å². The molecule has 0 unspecified atom stereocenters. The summed E-state index contributed by atoms with van der Waals surface area (Å²) in [7, 11) is 0. The summed E-state index contributed by atoms with van der Waals surface area (Å²) in [5, 5.41) is 0. The molecule has 1 fully saturated rings. The summed E-state index contributed by atoms with van der Waals surface area (Å²) in [6, 6.07) is 6.59. The van der Waals surface area contributed by atoms with Crippen LogP contribution in [0.3, 0.4) is 0 Å². The third kappa shape index (κ3) is 1.95. The fourth-order valence-electron chi connectivity index (χ4n) is 2.45. The van der Waals surface area contributed by atoms with Crippen LogP contribution in [0.15, 0.2) is 24.3 Å². The van der Waals surface area contributed by atoms with E-state index in [0.717, 1.165) is 0 Å². The Labute approximate surface area is 115 Å². The molecule has 2 aliphatic heterocycles. The van der Waals surface area contributed by atoms with Gasteiger partial charge in [0.05, 0.1) is 4.83 Å². The van der Waals surface area contributed by atoms with Crippen LogP contribution in [0.1, 0.15) is 22.1 Å². The lowest BCUT2D eigenvalue weighted by Crippen LogP contribution is -2.52. The number of fused-ring (bicyclic) bond motifs is 3. The van der Waals surface area contributed by atoms with Gasteiger partial charge in [-0.2, -0.15) is 13.2 Å². The first kappa shape index (κ1) is 12.9. The number of amides is 1. The first-order valence-electron chi connectivity index (χ1n) is 5.66. The van der Waals surface area contributed by atoms with Crippen LogP contribution in [-0.2, 0) is 4.74 Å². The maximum absolute atomic E-state index is 12.9. The molecule has 0 spiro atoms. The second kappa shape index (κ2) is 4.21. The van der Waals surface area contributed by atoms with Gasteiger partial charge in [-0.3, -0.25) is 4.79 Å². The molecule has 0 radical (unpaired) electrons. The first-order chi connectivity index (χ1) is 8.89. The van der Waals surface area contributed by atoms with E-state index >= 15 is 0 Å². The Hall–Kier alpha value is -1.08. The number of ether oxygens (including phenoxy) is 1. The Bertz CT molecular complexity index is 534. The second-order valence-electron chi connectivity index (χ2n) is 4.51. The number of benzene rings is 1. The van der Waals surface area contributed by atoms with Crippen LogP contribution >= 0.6 is 15.9 Å². The molecule has 1 amide bonds. The lowest BCUT2D eigenvalue weighted by atomic mass is 10.1. The molecule has 7 heteroatoms. The predicted octanol–water partition coefficient (Wildman–Crippen LogP) is 2.87. The van der Waals surface area contributed by atoms with Crippen molar-refractivity contribution in [3.8, 4) is 0 Å². The summed E-state index contributed by atoms with van der Waals surface area (Å²) in [5.41, 5.74) is 0.913. The van der Waals surface area contributed by atoms with Crippen LogP contribution in [-0.4, -0.2) is 34.5 Å². The number of halogens is 4. The molecule has 2 heterocycles. The summed E-state index contributed by atoms with van der Waals surface area (Å²) in [5.74, 6) is -0.286. The quantitative estimate of drug-likeness (QED) is 0.682. The lowest BCUT2D eigenvalue weighted by Gasteiger charge is -2.39. The van der Waals surface area contributed by atoms with Gasteiger partial charge in [-0.25, -0.2) is 0 Å². The molecule has 3 rings (SSSR count). The highest BCUT2D eigenvalue weighted by molar-refractivity contribution is 9.09. The van der Waals surface area contributed by atoms with Gasteiger partial charge in [0.2, 0.25) is 0 Å². The largest absolute Gasteiger partial charge is 0.415 e. The molecular weight excluding hydrogens is 327 g/mol. The van der Waals surface area contributed by atoms with Crippen LogP contribution in [0, 0.1) is 0 Å². The molecule has 0 bridgehead atoms.